The molecule has 0 amide bonds. The third-order valence-electron chi connectivity index (χ3n) is 2.10. The lowest BCUT2D eigenvalue weighted by molar-refractivity contribution is -0.146. The molecular weight excluding hydrogens is 219 g/mol. The Kier molecular flexibility index (Phi) is 4.12. The van der Waals surface area contributed by atoms with Crippen LogP contribution in [0.25, 0.3) is 0 Å². The summed E-state index contributed by atoms with van der Waals surface area (Å²) >= 11 is 0. The van der Waals surface area contributed by atoms with Crippen molar-refractivity contribution < 1.29 is 13.2 Å². The number of aromatic nitrogens is 1. The zero-order valence-corrected chi connectivity index (χ0v) is 8.96. The molecule has 0 aromatic carbocycles. The number of nitrogens with zero attached hydrogens (tertiary/aromatic N) is 2. The maximum atomic E-state index is 12.2. The van der Waals surface area contributed by atoms with Gasteiger partial charge in [0.25, 0.3) is 0 Å². The minimum atomic E-state index is -4.17. The molecule has 1 aromatic heterocycles. The maximum Gasteiger partial charge on any atom is 0.401 e. The van der Waals surface area contributed by atoms with Gasteiger partial charge in [-0.05, 0) is 18.2 Å². The highest BCUT2D eigenvalue weighted by Crippen LogP contribution is 2.17. The molecule has 0 aliphatic rings. The monoisotopic (exact) mass is 233 g/mol. The number of halogens is 3. The molecule has 0 fully saturated rings. The summed E-state index contributed by atoms with van der Waals surface area (Å²) in [6, 6.07) is 3.26. The Labute approximate surface area is 92.1 Å². The van der Waals surface area contributed by atoms with Gasteiger partial charge in [0, 0.05) is 12.7 Å². The van der Waals surface area contributed by atoms with E-state index in [0.717, 1.165) is 5.56 Å². The van der Waals surface area contributed by atoms with Crippen molar-refractivity contribution >= 4 is 5.82 Å². The van der Waals surface area contributed by atoms with E-state index >= 15 is 0 Å². The van der Waals surface area contributed by atoms with Crippen LogP contribution < -0.4 is 5.73 Å². The fourth-order valence-corrected chi connectivity index (χ4v) is 1.32. The summed E-state index contributed by atoms with van der Waals surface area (Å²) in [5, 5.41) is 0. The van der Waals surface area contributed by atoms with E-state index in [1.54, 1.807) is 19.1 Å². The molecule has 0 unspecified atom stereocenters. The second kappa shape index (κ2) is 5.16. The summed E-state index contributed by atoms with van der Waals surface area (Å²) in [6.07, 6.45) is -2.67. The quantitative estimate of drug-likeness (QED) is 0.865. The Hall–Kier alpha value is -1.30. The molecule has 0 bridgehead atoms. The second-order valence-corrected chi connectivity index (χ2v) is 3.51. The Bertz CT molecular complexity index is 321. The molecule has 0 aliphatic carbocycles. The van der Waals surface area contributed by atoms with E-state index in [0.29, 0.717) is 12.4 Å². The lowest BCUT2D eigenvalue weighted by Crippen LogP contribution is -2.33. The number of pyridine rings is 1. The molecule has 1 aromatic rings. The summed E-state index contributed by atoms with van der Waals surface area (Å²) in [5.41, 5.74) is 6.11. The van der Waals surface area contributed by atoms with Gasteiger partial charge in [-0.25, -0.2) is 4.98 Å². The fraction of sp³-hybridized carbons (Fsp3) is 0.500. The highest BCUT2D eigenvalue weighted by molar-refractivity contribution is 5.29. The summed E-state index contributed by atoms with van der Waals surface area (Å²) < 4.78 is 36.5. The largest absolute Gasteiger partial charge is 0.401 e. The molecule has 16 heavy (non-hydrogen) atoms. The van der Waals surface area contributed by atoms with E-state index in [1.165, 1.54) is 11.1 Å². The van der Waals surface area contributed by atoms with Crippen molar-refractivity contribution in [2.75, 3.05) is 18.8 Å². The fourth-order valence-electron chi connectivity index (χ4n) is 1.32. The summed E-state index contributed by atoms with van der Waals surface area (Å²) in [7, 11) is 0. The second-order valence-electron chi connectivity index (χ2n) is 3.51. The minimum absolute atomic E-state index is 0.225. The van der Waals surface area contributed by atoms with Crippen LogP contribution in [0.4, 0.5) is 19.0 Å². The first-order valence-corrected chi connectivity index (χ1v) is 4.90. The first-order chi connectivity index (χ1) is 7.40. The lowest BCUT2D eigenvalue weighted by atomic mass is 10.2. The van der Waals surface area contributed by atoms with E-state index in [9.17, 15) is 13.2 Å². The molecule has 6 heteroatoms. The Morgan fingerprint density at radius 2 is 2.06 bits per heavy atom. The third kappa shape index (κ3) is 4.48. The SMILES string of the molecule is CCN(Cc1ccc(N)nc1)CC(F)(F)F. The van der Waals surface area contributed by atoms with Gasteiger partial charge in [0.2, 0.25) is 0 Å². The van der Waals surface area contributed by atoms with Crippen LogP contribution in [-0.2, 0) is 6.54 Å². The van der Waals surface area contributed by atoms with Crippen LogP contribution >= 0.6 is 0 Å². The first-order valence-electron chi connectivity index (χ1n) is 4.90. The van der Waals surface area contributed by atoms with Crippen LogP contribution in [0.3, 0.4) is 0 Å². The number of nitrogen functional groups attached to an aromatic ring is 1. The molecule has 0 aliphatic heterocycles. The first kappa shape index (κ1) is 12.8. The zero-order valence-electron chi connectivity index (χ0n) is 8.96. The average Bonchev–Trinajstić information content (AvgIpc) is 2.18. The van der Waals surface area contributed by atoms with Crippen LogP contribution in [0, 0.1) is 0 Å². The number of alkyl halides is 3. The van der Waals surface area contributed by atoms with Gasteiger partial charge in [0.15, 0.2) is 0 Å². The summed E-state index contributed by atoms with van der Waals surface area (Å²) in [4.78, 5) is 5.13. The van der Waals surface area contributed by atoms with Gasteiger partial charge < -0.3 is 5.73 Å². The van der Waals surface area contributed by atoms with Crippen molar-refractivity contribution in [3.05, 3.63) is 23.9 Å². The van der Waals surface area contributed by atoms with E-state index in [1.807, 2.05) is 0 Å². The van der Waals surface area contributed by atoms with Gasteiger partial charge in [-0.1, -0.05) is 13.0 Å². The van der Waals surface area contributed by atoms with Crippen LogP contribution in [0.5, 0.6) is 0 Å². The van der Waals surface area contributed by atoms with Crippen molar-refractivity contribution in [2.24, 2.45) is 0 Å². The average molecular weight is 233 g/mol. The van der Waals surface area contributed by atoms with Gasteiger partial charge >= 0.3 is 6.18 Å². The van der Waals surface area contributed by atoms with Gasteiger partial charge in [0.05, 0.1) is 6.54 Å². The summed E-state index contributed by atoms with van der Waals surface area (Å²) in [5.74, 6) is 0.364. The normalized spacial score (nSPS) is 12.1. The lowest BCUT2D eigenvalue weighted by Gasteiger charge is -2.21. The van der Waals surface area contributed by atoms with Gasteiger partial charge in [-0.2, -0.15) is 13.2 Å². The van der Waals surface area contributed by atoms with Crippen LogP contribution in [0.15, 0.2) is 18.3 Å². The highest BCUT2D eigenvalue weighted by Gasteiger charge is 2.29. The molecular formula is C10H14F3N3. The van der Waals surface area contributed by atoms with Crippen LogP contribution in [0.1, 0.15) is 12.5 Å². The van der Waals surface area contributed by atoms with Gasteiger partial charge in [-0.3, -0.25) is 4.90 Å². The van der Waals surface area contributed by atoms with E-state index in [2.05, 4.69) is 4.98 Å². The van der Waals surface area contributed by atoms with Crippen molar-refractivity contribution in [1.29, 1.82) is 0 Å². The predicted molar refractivity (Wildman–Crippen MR) is 55.7 cm³/mol. The van der Waals surface area contributed by atoms with Crippen molar-refractivity contribution in [3.8, 4) is 0 Å². The van der Waals surface area contributed by atoms with E-state index < -0.39 is 12.7 Å². The van der Waals surface area contributed by atoms with Gasteiger partial charge in [0.1, 0.15) is 5.82 Å². The standard InChI is InChI=1S/C10H14F3N3/c1-2-16(7-10(11,12)13)6-8-3-4-9(14)15-5-8/h3-5H,2,6-7H2,1H3,(H2,14,15). The Morgan fingerprint density at radius 3 is 2.50 bits per heavy atom. The molecule has 0 spiro atoms. The molecule has 0 atom stereocenters. The molecule has 2 N–H and O–H groups in total. The van der Waals surface area contributed by atoms with Crippen LogP contribution in [-0.4, -0.2) is 29.1 Å². The number of hydrogen-bond donors (Lipinski definition) is 1. The molecule has 90 valence electrons. The molecule has 0 saturated carbocycles. The number of anilines is 1. The van der Waals surface area contributed by atoms with E-state index in [4.69, 9.17) is 5.73 Å². The zero-order chi connectivity index (χ0) is 12.2. The van der Waals surface area contributed by atoms with Crippen molar-refractivity contribution in [2.45, 2.75) is 19.6 Å². The third-order valence-corrected chi connectivity index (χ3v) is 2.10. The van der Waals surface area contributed by atoms with Gasteiger partial charge in [-0.15, -0.1) is 0 Å². The van der Waals surface area contributed by atoms with E-state index in [-0.39, 0.29) is 6.54 Å². The highest BCUT2D eigenvalue weighted by atomic mass is 19.4. The Balaban J connectivity index is 2.60. The molecule has 0 saturated heterocycles. The van der Waals surface area contributed by atoms with Crippen molar-refractivity contribution in [3.63, 3.8) is 0 Å². The Morgan fingerprint density at radius 1 is 1.38 bits per heavy atom. The number of rotatable bonds is 4. The number of hydrogen-bond acceptors (Lipinski definition) is 3. The van der Waals surface area contributed by atoms with Crippen molar-refractivity contribution in [1.82, 2.24) is 9.88 Å². The number of nitrogens with two attached hydrogens (primary N) is 1. The molecule has 3 nitrogen and oxygen atoms in total. The predicted octanol–water partition coefficient (Wildman–Crippen LogP) is 2.05. The molecule has 0 radical (unpaired) electrons. The van der Waals surface area contributed by atoms with Crippen LogP contribution in [0.2, 0.25) is 0 Å². The summed E-state index contributed by atoms with van der Waals surface area (Å²) in [6.45, 7) is 1.34. The molecule has 1 rings (SSSR count). The minimum Gasteiger partial charge on any atom is -0.384 e. The topological polar surface area (TPSA) is 42.1 Å². The smallest absolute Gasteiger partial charge is 0.384 e. The maximum absolute atomic E-state index is 12.2. The molecule has 1 heterocycles.